The highest BCUT2D eigenvalue weighted by molar-refractivity contribution is 7.93. The molecule has 0 bridgehead atoms. The number of benzene rings is 2. The molecule has 9 heteroatoms. The highest BCUT2D eigenvalue weighted by Gasteiger charge is 2.21. The molecular formula is C20H20ClN3O3S2. The van der Waals surface area contributed by atoms with Crippen molar-refractivity contribution < 1.29 is 13.2 Å². The van der Waals surface area contributed by atoms with Crippen molar-refractivity contribution >= 4 is 49.7 Å². The quantitative estimate of drug-likeness (QED) is 0.568. The van der Waals surface area contributed by atoms with E-state index in [-0.39, 0.29) is 15.9 Å². The Balaban J connectivity index is 1.83. The molecule has 0 aliphatic rings. The zero-order valence-electron chi connectivity index (χ0n) is 16.3. The summed E-state index contributed by atoms with van der Waals surface area (Å²) in [5.74, 6) is -0.327. The van der Waals surface area contributed by atoms with Gasteiger partial charge in [0.1, 0.15) is 4.88 Å². The Hall–Kier alpha value is -2.42. The van der Waals surface area contributed by atoms with Crippen LogP contribution in [0.4, 0.5) is 10.8 Å². The molecule has 1 amide bonds. The second kappa shape index (κ2) is 8.14. The molecule has 0 unspecified atom stereocenters. The summed E-state index contributed by atoms with van der Waals surface area (Å²) in [5, 5.41) is 3.48. The molecule has 1 aromatic heterocycles. The molecule has 0 fully saturated rings. The third-order valence-electron chi connectivity index (χ3n) is 4.26. The maximum absolute atomic E-state index is 12.8. The molecule has 0 radical (unpaired) electrons. The molecule has 2 N–H and O–H groups in total. The SMILES string of the molecule is Cc1cc(C)c(NC(=O)c2sc(NS(=O)(=O)c3ccc(Cl)cc3)nc2C)c(C)c1. The smallest absolute Gasteiger partial charge is 0.267 e. The summed E-state index contributed by atoms with van der Waals surface area (Å²) in [6.45, 7) is 7.53. The molecule has 0 spiro atoms. The van der Waals surface area contributed by atoms with Gasteiger partial charge in [-0.1, -0.05) is 40.6 Å². The van der Waals surface area contributed by atoms with Gasteiger partial charge in [0, 0.05) is 10.7 Å². The Morgan fingerprint density at radius 1 is 1.03 bits per heavy atom. The van der Waals surface area contributed by atoms with Crippen LogP contribution in [-0.4, -0.2) is 19.3 Å². The number of rotatable bonds is 5. The minimum atomic E-state index is -3.83. The van der Waals surface area contributed by atoms with Crippen molar-refractivity contribution in [2.75, 3.05) is 10.0 Å². The van der Waals surface area contributed by atoms with Crippen molar-refractivity contribution in [3.63, 3.8) is 0 Å². The zero-order chi connectivity index (χ0) is 21.3. The van der Waals surface area contributed by atoms with Crippen LogP contribution in [0.3, 0.4) is 0 Å². The highest BCUT2D eigenvalue weighted by atomic mass is 35.5. The fourth-order valence-corrected chi connectivity index (χ4v) is 5.21. The number of thiazole rings is 1. The topological polar surface area (TPSA) is 88.2 Å². The van der Waals surface area contributed by atoms with Crippen molar-refractivity contribution in [2.45, 2.75) is 32.6 Å². The number of sulfonamides is 1. The lowest BCUT2D eigenvalue weighted by Gasteiger charge is -2.12. The van der Waals surface area contributed by atoms with Crippen LogP contribution < -0.4 is 10.0 Å². The summed E-state index contributed by atoms with van der Waals surface area (Å²) in [4.78, 5) is 17.4. The standard InChI is InChI=1S/C20H20ClN3O3S2/c1-11-9-12(2)17(13(3)10-11)23-19(25)18-14(4)22-20(28-18)24-29(26,27)16-7-5-15(21)6-8-16/h5-10H,1-4H3,(H,22,24)(H,23,25). The van der Waals surface area contributed by atoms with Gasteiger partial charge in [0.15, 0.2) is 5.13 Å². The number of nitrogens with one attached hydrogen (secondary N) is 2. The molecule has 6 nitrogen and oxygen atoms in total. The molecule has 0 saturated carbocycles. The largest absolute Gasteiger partial charge is 0.321 e. The molecule has 1 heterocycles. The Morgan fingerprint density at radius 3 is 2.21 bits per heavy atom. The summed E-state index contributed by atoms with van der Waals surface area (Å²) in [5.41, 5.74) is 4.23. The lowest BCUT2D eigenvalue weighted by atomic mass is 10.1. The normalized spacial score (nSPS) is 11.3. The number of nitrogens with zero attached hydrogens (tertiary/aromatic N) is 1. The fourth-order valence-electron chi connectivity index (χ4n) is 2.99. The summed E-state index contributed by atoms with van der Waals surface area (Å²) >= 11 is 6.80. The number of aryl methyl sites for hydroxylation is 4. The zero-order valence-corrected chi connectivity index (χ0v) is 18.7. The van der Waals surface area contributed by atoms with Gasteiger partial charge in [0.25, 0.3) is 15.9 Å². The maximum Gasteiger partial charge on any atom is 0.267 e. The van der Waals surface area contributed by atoms with E-state index in [1.165, 1.54) is 24.3 Å². The van der Waals surface area contributed by atoms with E-state index in [1.807, 2.05) is 32.9 Å². The predicted molar refractivity (Wildman–Crippen MR) is 118 cm³/mol. The van der Waals surface area contributed by atoms with Crippen LogP contribution in [0.15, 0.2) is 41.3 Å². The summed E-state index contributed by atoms with van der Waals surface area (Å²) in [6, 6.07) is 9.79. The molecule has 2 aromatic carbocycles. The van der Waals surface area contributed by atoms with Gasteiger partial charge in [-0.2, -0.15) is 0 Å². The Labute approximate surface area is 179 Å². The number of carbonyl (C=O) groups excluding carboxylic acids is 1. The van der Waals surface area contributed by atoms with Gasteiger partial charge in [-0.15, -0.1) is 0 Å². The third kappa shape index (κ3) is 4.77. The van der Waals surface area contributed by atoms with Crippen molar-refractivity contribution in [3.05, 3.63) is 68.7 Å². The molecule has 3 aromatic rings. The van der Waals surface area contributed by atoms with Gasteiger partial charge in [-0.25, -0.2) is 13.4 Å². The van der Waals surface area contributed by atoms with Crippen LogP contribution in [-0.2, 0) is 10.0 Å². The molecule has 0 atom stereocenters. The van der Waals surface area contributed by atoms with Gasteiger partial charge >= 0.3 is 0 Å². The second-order valence-electron chi connectivity index (χ2n) is 6.72. The molecule has 152 valence electrons. The molecule has 0 aliphatic heterocycles. The van der Waals surface area contributed by atoms with Crippen molar-refractivity contribution in [2.24, 2.45) is 0 Å². The average molecular weight is 450 g/mol. The lowest BCUT2D eigenvalue weighted by molar-refractivity contribution is 0.102. The Kier molecular flexibility index (Phi) is 5.97. The summed E-state index contributed by atoms with van der Waals surface area (Å²) < 4.78 is 27.5. The van der Waals surface area contributed by atoms with Crippen LogP contribution in [0.25, 0.3) is 0 Å². The van der Waals surface area contributed by atoms with Crippen LogP contribution in [0.2, 0.25) is 5.02 Å². The van der Waals surface area contributed by atoms with E-state index in [0.717, 1.165) is 33.7 Å². The van der Waals surface area contributed by atoms with Crippen LogP contribution >= 0.6 is 22.9 Å². The van der Waals surface area contributed by atoms with E-state index in [0.29, 0.717) is 15.6 Å². The molecular weight excluding hydrogens is 430 g/mol. The first-order valence-corrected chi connectivity index (χ1v) is 11.4. The molecule has 29 heavy (non-hydrogen) atoms. The van der Waals surface area contributed by atoms with Crippen LogP contribution in [0.5, 0.6) is 0 Å². The first-order valence-electron chi connectivity index (χ1n) is 8.72. The second-order valence-corrected chi connectivity index (χ2v) is 9.84. The van der Waals surface area contributed by atoms with Gasteiger partial charge in [-0.3, -0.25) is 9.52 Å². The fraction of sp³-hybridized carbons (Fsp3) is 0.200. The van der Waals surface area contributed by atoms with Gasteiger partial charge in [0.05, 0.1) is 10.6 Å². The average Bonchev–Trinajstić information content (AvgIpc) is 2.98. The number of amides is 1. The van der Waals surface area contributed by atoms with E-state index in [1.54, 1.807) is 6.92 Å². The highest BCUT2D eigenvalue weighted by Crippen LogP contribution is 2.28. The Bertz CT molecular complexity index is 1160. The van der Waals surface area contributed by atoms with E-state index >= 15 is 0 Å². The van der Waals surface area contributed by atoms with Crippen molar-refractivity contribution in [1.29, 1.82) is 0 Å². The number of anilines is 2. The van der Waals surface area contributed by atoms with E-state index in [2.05, 4.69) is 15.0 Å². The monoisotopic (exact) mass is 449 g/mol. The molecule has 0 saturated heterocycles. The minimum absolute atomic E-state index is 0.0617. The van der Waals surface area contributed by atoms with Crippen LogP contribution in [0, 0.1) is 27.7 Å². The number of hydrogen-bond acceptors (Lipinski definition) is 5. The number of hydrogen-bond donors (Lipinski definition) is 2. The van der Waals surface area contributed by atoms with E-state index < -0.39 is 10.0 Å². The maximum atomic E-state index is 12.8. The van der Waals surface area contributed by atoms with Gasteiger partial charge in [-0.05, 0) is 63.1 Å². The third-order valence-corrected chi connectivity index (χ3v) is 7.07. The molecule has 0 aliphatic carbocycles. The minimum Gasteiger partial charge on any atom is -0.321 e. The van der Waals surface area contributed by atoms with E-state index in [9.17, 15) is 13.2 Å². The van der Waals surface area contributed by atoms with Gasteiger partial charge < -0.3 is 5.32 Å². The number of halogens is 1. The first kappa shape index (κ1) is 21.3. The lowest BCUT2D eigenvalue weighted by Crippen LogP contribution is -2.13. The number of carbonyl (C=O) groups is 1. The summed E-state index contributed by atoms with van der Waals surface area (Å²) in [7, 11) is -3.83. The summed E-state index contributed by atoms with van der Waals surface area (Å²) in [6.07, 6.45) is 0. The van der Waals surface area contributed by atoms with Crippen molar-refractivity contribution in [1.82, 2.24) is 4.98 Å². The molecule has 3 rings (SSSR count). The van der Waals surface area contributed by atoms with E-state index in [4.69, 9.17) is 11.6 Å². The number of aromatic nitrogens is 1. The predicted octanol–water partition coefficient (Wildman–Crippen LogP) is 5.08. The van der Waals surface area contributed by atoms with Crippen LogP contribution in [0.1, 0.15) is 32.1 Å². The van der Waals surface area contributed by atoms with Crippen molar-refractivity contribution in [3.8, 4) is 0 Å². The first-order chi connectivity index (χ1) is 13.6. The Morgan fingerprint density at radius 2 is 1.62 bits per heavy atom. The van der Waals surface area contributed by atoms with Gasteiger partial charge in [0.2, 0.25) is 0 Å².